The van der Waals surface area contributed by atoms with Crippen LogP contribution in [0.2, 0.25) is 0 Å². The molecule has 0 amide bonds. The molecule has 0 aliphatic carbocycles. The summed E-state index contributed by atoms with van der Waals surface area (Å²) in [5, 5.41) is 3.30. The Morgan fingerprint density at radius 1 is 1.24 bits per heavy atom. The number of hydrogen-bond donors (Lipinski definition) is 1. The SMILES string of the molecule is CCCOc1cc(C)nc(NCCN2CCN(C)CC2)n1. The molecule has 118 valence electrons. The Morgan fingerprint density at radius 3 is 2.71 bits per heavy atom. The third-order valence-corrected chi connectivity index (χ3v) is 3.59. The number of nitrogens with one attached hydrogen (secondary N) is 1. The number of aryl methyl sites for hydroxylation is 1. The number of piperazine rings is 1. The first-order valence-corrected chi connectivity index (χ1v) is 7.80. The number of nitrogens with zero attached hydrogens (tertiary/aromatic N) is 4. The summed E-state index contributed by atoms with van der Waals surface area (Å²) < 4.78 is 5.58. The van der Waals surface area contributed by atoms with E-state index in [9.17, 15) is 0 Å². The summed E-state index contributed by atoms with van der Waals surface area (Å²) in [6.45, 7) is 11.2. The van der Waals surface area contributed by atoms with Gasteiger partial charge in [0.1, 0.15) is 0 Å². The van der Waals surface area contributed by atoms with E-state index in [1.807, 2.05) is 13.0 Å². The van der Waals surface area contributed by atoms with Gasteiger partial charge < -0.3 is 15.0 Å². The second kappa shape index (κ2) is 8.14. The lowest BCUT2D eigenvalue weighted by molar-refractivity contribution is 0.158. The highest BCUT2D eigenvalue weighted by Gasteiger charge is 2.13. The Kier molecular flexibility index (Phi) is 6.20. The molecular weight excluding hydrogens is 266 g/mol. The molecule has 1 N–H and O–H groups in total. The van der Waals surface area contributed by atoms with E-state index in [1.165, 1.54) is 0 Å². The lowest BCUT2D eigenvalue weighted by Crippen LogP contribution is -2.45. The van der Waals surface area contributed by atoms with Gasteiger partial charge in [-0.25, -0.2) is 4.98 Å². The Morgan fingerprint density at radius 2 is 2.00 bits per heavy atom. The lowest BCUT2D eigenvalue weighted by atomic mass is 10.3. The Hall–Kier alpha value is -1.40. The van der Waals surface area contributed by atoms with Crippen LogP contribution in [-0.4, -0.2) is 72.7 Å². The number of likely N-dealkylation sites (N-methyl/N-ethyl adjacent to an activating group) is 1. The molecule has 1 aliphatic rings. The lowest BCUT2D eigenvalue weighted by Gasteiger charge is -2.32. The fourth-order valence-corrected chi connectivity index (χ4v) is 2.30. The van der Waals surface area contributed by atoms with Gasteiger partial charge in [0.2, 0.25) is 11.8 Å². The van der Waals surface area contributed by atoms with Crippen LogP contribution in [0.15, 0.2) is 6.07 Å². The highest BCUT2D eigenvalue weighted by atomic mass is 16.5. The van der Waals surface area contributed by atoms with E-state index in [1.54, 1.807) is 0 Å². The zero-order valence-electron chi connectivity index (χ0n) is 13.4. The van der Waals surface area contributed by atoms with Crippen LogP contribution in [-0.2, 0) is 0 Å². The molecule has 0 unspecified atom stereocenters. The average molecular weight is 293 g/mol. The van der Waals surface area contributed by atoms with E-state index in [2.05, 4.69) is 39.1 Å². The van der Waals surface area contributed by atoms with Crippen LogP contribution in [0.4, 0.5) is 5.95 Å². The normalized spacial score (nSPS) is 16.9. The number of ether oxygens (including phenoxy) is 1. The molecule has 0 atom stereocenters. The first-order valence-electron chi connectivity index (χ1n) is 7.80. The van der Waals surface area contributed by atoms with Gasteiger partial charge in [0.05, 0.1) is 6.61 Å². The Bertz CT molecular complexity index is 432. The molecule has 1 aromatic rings. The molecule has 0 spiro atoms. The number of hydrogen-bond acceptors (Lipinski definition) is 6. The fraction of sp³-hybridized carbons (Fsp3) is 0.733. The minimum Gasteiger partial charge on any atom is -0.478 e. The molecule has 6 heteroatoms. The maximum atomic E-state index is 5.58. The van der Waals surface area contributed by atoms with Crippen LogP contribution < -0.4 is 10.1 Å². The van der Waals surface area contributed by atoms with Crippen LogP contribution in [0.25, 0.3) is 0 Å². The first kappa shape index (κ1) is 16.0. The van der Waals surface area contributed by atoms with Crippen LogP contribution in [0.1, 0.15) is 19.0 Å². The Balaban J connectivity index is 1.78. The second-order valence-electron chi connectivity index (χ2n) is 5.59. The maximum Gasteiger partial charge on any atom is 0.226 e. The van der Waals surface area contributed by atoms with E-state index >= 15 is 0 Å². The second-order valence-corrected chi connectivity index (χ2v) is 5.59. The van der Waals surface area contributed by atoms with E-state index in [-0.39, 0.29) is 0 Å². The summed E-state index contributed by atoms with van der Waals surface area (Å²) in [5.41, 5.74) is 0.929. The van der Waals surface area contributed by atoms with Gasteiger partial charge in [-0.15, -0.1) is 0 Å². The van der Waals surface area contributed by atoms with Crippen LogP contribution in [0, 0.1) is 6.92 Å². The molecule has 2 rings (SSSR count). The van der Waals surface area contributed by atoms with Gasteiger partial charge in [-0.3, -0.25) is 4.90 Å². The van der Waals surface area contributed by atoms with Gasteiger partial charge in [0, 0.05) is 51.0 Å². The quantitative estimate of drug-likeness (QED) is 0.816. The molecule has 1 aromatic heterocycles. The predicted octanol–water partition coefficient (Wildman–Crippen LogP) is 1.23. The monoisotopic (exact) mass is 293 g/mol. The zero-order valence-corrected chi connectivity index (χ0v) is 13.4. The summed E-state index contributed by atoms with van der Waals surface area (Å²) in [7, 11) is 2.17. The van der Waals surface area contributed by atoms with Crippen LogP contribution in [0.5, 0.6) is 5.88 Å². The summed E-state index contributed by atoms with van der Waals surface area (Å²) in [5.74, 6) is 1.32. The van der Waals surface area contributed by atoms with Crippen molar-refractivity contribution in [2.45, 2.75) is 20.3 Å². The molecule has 1 aliphatic heterocycles. The van der Waals surface area contributed by atoms with E-state index in [4.69, 9.17) is 4.74 Å². The molecule has 0 aromatic carbocycles. The van der Waals surface area contributed by atoms with E-state index in [0.717, 1.165) is 51.4 Å². The van der Waals surface area contributed by atoms with Gasteiger partial charge in [0.25, 0.3) is 0 Å². The average Bonchev–Trinajstić information content (AvgIpc) is 2.47. The van der Waals surface area contributed by atoms with Gasteiger partial charge in [0.15, 0.2) is 0 Å². The summed E-state index contributed by atoms with van der Waals surface area (Å²) >= 11 is 0. The zero-order chi connectivity index (χ0) is 15.1. The maximum absolute atomic E-state index is 5.58. The fourth-order valence-electron chi connectivity index (χ4n) is 2.30. The van der Waals surface area contributed by atoms with Gasteiger partial charge in [-0.2, -0.15) is 4.98 Å². The molecule has 2 heterocycles. The van der Waals surface area contributed by atoms with Crippen molar-refractivity contribution in [3.05, 3.63) is 11.8 Å². The summed E-state index contributed by atoms with van der Waals surface area (Å²) in [4.78, 5) is 13.6. The van der Waals surface area contributed by atoms with Crippen LogP contribution in [0.3, 0.4) is 0 Å². The Labute approximate surface area is 127 Å². The first-order chi connectivity index (χ1) is 10.2. The van der Waals surface area contributed by atoms with Crippen molar-refractivity contribution in [3.8, 4) is 5.88 Å². The minimum atomic E-state index is 0.659. The molecule has 6 nitrogen and oxygen atoms in total. The molecule has 1 saturated heterocycles. The van der Waals surface area contributed by atoms with Crippen molar-refractivity contribution in [1.82, 2.24) is 19.8 Å². The standard InChI is InChI=1S/C15H27N5O/c1-4-11-21-14-12-13(2)17-15(18-14)16-5-6-20-9-7-19(3)8-10-20/h12H,4-11H2,1-3H3,(H,16,17,18). The highest BCUT2D eigenvalue weighted by molar-refractivity contribution is 5.30. The molecule has 0 radical (unpaired) electrons. The number of rotatable bonds is 7. The molecule has 0 saturated carbocycles. The highest BCUT2D eigenvalue weighted by Crippen LogP contribution is 2.12. The van der Waals surface area contributed by atoms with Crippen molar-refractivity contribution in [2.24, 2.45) is 0 Å². The third kappa shape index (κ3) is 5.47. The van der Waals surface area contributed by atoms with Crippen molar-refractivity contribution in [1.29, 1.82) is 0 Å². The summed E-state index contributed by atoms with van der Waals surface area (Å²) in [6, 6.07) is 1.88. The smallest absolute Gasteiger partial charge is 0.226 e. The summed E-state index contributed by atoms with van der Waals surface area (Å²) in [6.07, 6.45) is 0.981. The minimum absolute atomic E-state index is 0.659. The van der Waals surface area contributed by atoms with Crippen molar-refractivity contribution in [2.75, 3.05) is 58.2 Å². The van der Waals surface area contributed by atoms with Gasteiger partial charge >= 0.3 is 0 Å². The van der Waals surface area contributed by atoms with E-state index in [0.29, 0.717) is 18.4 Å². The molecule has 21 heavy (non-hydrogen) atoms. The van der Waals surface area contributed by atoms with Gasteiger partial charge in [-0.05, 0) is 20.4 Å². The topological polar surface area (TPSA) is 53.5 Å². The molecule has 0 bridgehead atoms. The van der Waals surface area contributed by atoms with E-state index < -0.39 is 0 Å². The van der Waals surface area contributed by atoms with Crippen molar-refractivity contribution in [3.63, 3.8) is 0 Å². The third-order valence-electron chi connectivity index (χ3n) is 3.59. The van der Waals surface area contributed by atoms with Crippen molar-refractivity contribution >= 4 is 5.95 Å². The molecule has 1 fully saturated rings. The predicted molar refractivity (Wildman–Crippen MR) is 85.0 cm³/mol. The van der Waals surface area contributed by atoms with Crippen LogP contribution >= 0.6 is 0 Å². The number of aromatic nitrogens is 2. The van der Waals surface area contributed by atoms with Crippen molar-refractivity contribution < 1.29 is 4.74 Å². The largest absolute Gasteiger partial charge is 0.478 e. The molecular formula is C15H27N5O. The number of anilines is 1. The van der Waals surface area contributed by atoms with Gasteiger partial charge in [-0.1, -0.05) is 6.92 Å².